The minimum absolute atomic E-state index is 0.838. The van der Waals surface area contributed by atoms with Gasteiger partial charge in [0.2, 0.25) is 0 Å². The maximum Gasteiger partial charge on any atom is 0.0963 e. The standard InChI is InChI=1S/C11H11BrN2/c1-14-8-10(7-12)11(13-14)9-5-3-2-4-6-9/h2-6,8H,7H2,1H3. The first-order chi connectivity index (χ1) is 6.81. The van der Waals surface area contributed by atoms with E-state index in [0.717, 1.165) is 11.0 Å². The van der Waals surface area contributed by atoms with E-state index >= 15 is 0 Å². The van der Waals surface area contributed by atoms with Gasteiger partial charge in [-0.05, 0) is 0 Å². The van der Waals surface area contributed by atoms with Crippen molar-refractivity contribution in [3.05, 3.63) is 42.1 Å². The Morgan fingerprint density at radius 1 is 1.29 bits per heavy atom. The highest BCUT2D eigenvalue weighted by molar-refractivity contribution is 9.08. The van der Waals surface area contributed by atoms with Crippen molar-refractivity contribution in [3.8, 4) is 11.3 Å². The average Bonchev–Trinajstić information content (AvgIpc) is 2.61. The zero-order chi connectivity index (χ0) is 9.97. The maximum atomic E-state index is 4.44. The van der Waals surface area contributed by atoms with Crippen LogP contribution in [0.4, 0.5) is 0 Å². The van der Waals surface area contributed by atoms with Crippen molar-refractivity contribution < 1.29 is 0 Å². The number of halogens is 1. The first kappa shape index (κ1) is 9.46. The molecule has 0 aliphatic rings. The summed E-state index contributed by atoms with van der Waals surface area (Å²) in [5.41, 5.74) is 3.45. The summed E-state index contributed by atoms with van der Waals surface area (Å²) in [6.07, 6.45) is 2.04. The molecule has 0 saturated heterocycles. The second kappa shape index (κ2) is 3.96. The fourth-order valence-corrected chi connectivity index (χ4v) is 1.88. The van der Waals surface area contributed by atoms with Gasteiger partial charge in [-0.25, -0.2) is 0 Å². The highest BCUT2D eigenvalue weighted by Crippen LogP contribution is 2.22. The molecule has 1 aromatic heterocycles. The SMILES string of the molecule is Cn1cc(CBr)c(-c2ccccc2)n1. The number of alkyl halides is 1. The fraction of sp³-hybridized carbons (Fsp3) is 0.182. The van der Waals surface area contributed by atoms with Gasteiger partial charge in [0.1, 0.15) is 0 Å². The Morgan fingerprint density at radius 3 is 2.64 bits per heavy atom. The molecule has 2 aromatic rings. The van der Waals surface area contributed by atoms with Gasteiger partial charge in [-0.1, -0.05) is 46.3 Å². The molecule has 0 N–H and O–H groups in total. The van der Waals surface area contributed by atoms with Crippen LogP contribution >= 0.6 is 15.9 Å². The summed E-state index contributed by atoms with van der Waals surface area (Å²) in [7, 11) is 1.94. The molecule has 2 nitrogen and oxygen atoms in total. The zero-order valence-electron chi connectivity index (χ0n) is 7.94. The molecule has 72 valence electrons. The van der Waals surface area contributed by atoms with Crippen LogP contribution in [-0.4, -0.2) is 9.78 Å². The quantitative estimate of drug-likeness (QED) is 0.750. The molecule has 0 bridgehead atoms. The van der Waals surface area contributed by atoms with Crippen molar-refractivity contribution >= 4 is 15.9 Å². The fourth-order valence-electron chi connectivity index (χ4n) is 1.47. The smallest absolute Gasteiger partial charge is 0.0963 e. The van der Waals surface area contributed by atoms with Gasteiger partial charge >= 0.3 is 0 Å². The molecule has 0 spiro atoms. The van der Waals surface area contributed by atoms with E-state index in [-0.39, 0.29) is 0 Å². The molecule has 1 aromatic carbocycles. The molecule has 2 rings (SSSR count). The van der Waals surface area contributed by atoms with Crippen LogP contribution < -0.4 is 0 Å². The van der Waals surface area contributed by atoms with Crippen LogP contribution in [0.25, 0.3) is 11.3 Å². The predicted octanol–water partition coefficient (Wildman–Crippen LogP) is 2.98. The molecule has 0 amide bonds. The van der Waals surface area contributed by atoms with Crippen LogP contribution in [0.1, 0.15) is 5.56 Å². The first-order valence-electron chi connectivity index (χ1n) is 4.45. The zero-order valence-corrected chi connectivity index (χ0v) is 9.53. The normalized spacial score (nSPS) is 10.4. The molecule has 3 heteroatoms. The summed E-state index contributed by atoms with van der Waals surface area (Å²) in [5, 5.41) is 5.28. The van der Waals surface area contributed by atoms with E-state index in [2.05, 4.69) is 33.2 Å². The lowest BCUT2D eigenvalue weighted by atomic mass is 10.1. The maximum absolute atomic E-state index is 4.44. The summed E-state index contributed by atoms with van der Waals surface area (Å²) in [6, 6.07) is 10.2. The number of rotatable bonds is 2. The highest BCUT2D eigenvalue weighted by atomic mass is 79.9. The lowest BCUT2D eigenvalue weighted by Gasteiger charge is -1.97. The molecular weight excluding hydrogens is 240 g/mol. The van der Waals surface area contributed by atoms with Gasteiger partial charge in [0.05, 0.1) is 5.69 Å². The molecule has 0 atom stereocenters. The number of nitrogens with zero attached hydrogens (tertiary/aromatic N) is 2. The molecule has 1 heterocycles. The Balaban J connectivity index is 2.51. The van der Waals surface area contributed by atoms with Gasteiger partial charge in [-0.2, -0.15) is 5.10 Å². The molecule has 0 aliphatic heterocycles. The van der Waals surface area contributed by atoms with E-state index in [1.165, 1.54) is 11.1 Å². The molecule has 0 fully saturated rings. The van der Waals surface area contributed by atoms with Crippen LogP contribution in [0.5, 0.6) is 0 Å². The third-order valence-corrected chi connectivity index (χ3v) is 2.70. The minimum atomic E-state index is 0.838. The molecule has 0 unspecified atom stereocenters. The Labute approximate surface area is 91.7 Å². The van der Waals surface area contributed by atoms with Crippen molar-refractivity contribution in [2.24, 2.45) is 7.05 Å². The van der Waals surface area contributed by atoms with Crippen molar-refractivity contribution in [1.82, 2.24) is 9.78 Å². The van der Waals surface area contributed by atoms with Crippen LogP contribution in [0.15, 0.2) is 36.5 Å². The number of benzene rings is 1. The lowest BCUT2D eigenvalue weighted by Crippen LogP contribution is -1.87. The summed E-state index contributed by atoms with van der Waals surface area (Å²) in [6.45, 7) is 0. The molecule has 0 aliphatic carbocycles. The monoisotopic (exact) mass is 250 g/mol. The topological polar surface area (TPSA) is 17.8 Å². The Bertz CT molecular complexity index is 420. The van der Waals surface area contributed by atoms with Gasteiger partial charge in [0.15, 0.2) is 0 Å². The third-order valence-electron chi connectivity index (χ3n) is 2.10. The van der Waals surface area contributed by atoms with E-state index in [0.29, 0.717) is 0 Å². The van der Waals surface area contributed by atoms with Crippen molar-refractivity contribution in [3.63, 3.8) is 0 Å². The van der Waals surface area contributed by atoms with E-state index < -0.39 is 0 Å². The van der Waals surface area contributed by atoms with Crippen LogP contribution in [0, 0.1) is 0 Å². The lowest BCUT2D eigenvalue weighted by molar-refractivity contribution is 0.770. The summed E-state index contributed by atoms with van der Waals surface area (Å²) < 4.78 is 1.85. The van der Waals surface area contributed by atoms with Crippen molar-refractivity contribution in [2.75, 3.05) is 0 Å². The third kappa shape index (κ3) is 1.73. The molecule has 0 radical (unpaired) electrons. The van der Waals surface area contributed by atoms with E-state index in [1.807, 2.05) is 36.1 Å². The van der Waals surface area contributed by atoms with E-state index in [1.54, 1.807) is 0 Å². The van der Waals surface area contributed by atoms with E-state index in [9.17, 15) is 0 Å². The van der Waals surface area contributed by atoms with Crippen molar-refractivity contribution in [1.29, 1.82) is 0 Å². The largest absolute Gasteiger partial charge is 0.275 e. The number of aromatic nitrogens is 2. The van der Waals surface area contributed by atoms with E-state index in [4.69, 9.17) is 0 Å². The van der Waals surface area contributed by atoms with Crippen LogP contribution in [0.2, 0.25) is 0 Å². The Hall–Kier alpha value is -1.09. The number of hydrogen-bond donors (Lipinski definition) is 0. The average molecular weight is 251 g/mol. The summed E-state index contributed by atoms with van der Waals surface area (Å²) >= 11 is 3.47. The first-order valence-corrected chi connectivity index (χ1v) is 5.57. The summed E-state index contributed by atoms with van der Waals surface area (Å²) in [5.74, 6) is 0. The van der Waals surface area contributed by atoms with Gasteiger partial charge in [-0.3, -0.25) is 4.68 Å². The number of aryl methyl sites for hydroxylation is 1. The van der Waals surface area contributed by atoms with Crippen molar-refractivity contribution in [2.45, 2.75) is 5.33 Å². The molecular formula is C11H11BrN2. The van der Waals surface area contributed by atoms with Gasteiger partial charge < -0.3 is 0 Å². The minimum Gasteiger partial charge on any atom is -0.275 e. The molecule has 14 heavy (non-hydrogen) atoms. The van der Waals surface area contributed by atoms with Gasteiger partial charge in [-0.15, -0.1) is 0 Å². The number of hydrogen-bond acceptors (Lipinski definition) is 1. The molecule has 0 saturated carbocycles. The Kier molecular flexibility index (Phi) is 2.68. The highest BCUT2D eigenvalue weighted by Gasteiger charge is 2.07. The summed E-state index contributed by atoms with van der Waals surface area (Å²) in [4.78, 5) is 0. The van der Waals surface area contributed by atoms with Crippen LogP contribution in [0.3, 0.4) is 0 Å². The van der Waals surface area contributed by atoms with Gasteiger partial charge in [0.25, 0.3) is 0 Å². The van der Waals surface area contributed by atoms with Gasteiger partial charge in [0, 0.05) is 29.7 Å². The second-order valence-electron chi connectivity index (χ2n) is 3.18. The van der Waals surface area contributed by atoms with Crippen LogP contribution in [-0.2, 0) is 12.4 Å². The Morgan fingerprint density at radius 2 is 2.00 bits per heavy atom. The second-order valence-corrected chi connectivity index (χ2v) is 3.74. The predicted molar refractivity (Wildman–Crippen MR) is 61.3 cm³/mol.